The van der Waals surface area contributed by atoms with Crippen molar-refractivity contribution in [3.05, 3.63) is 45.9 Å². The Labute approximate surface area is 163 Å². The first-order valence-electron chi connectivity index (χ1n) is 8.53. The number of rotatable bonds is 10. The van der Waals surface area contributed by atoms with E-state index in [4.69, 9.17) is 18.9 Å². The minimum Gasteiger partial charge on any atom is -0.493 e. The van der Waals surface area contributed by atoms with Gasteiger partial charge in [0.05, 0.1) is 32.4 Å². The van der Waals surface area contributed by atoms with Crippen LogP contribution < -0.4 is 24.3 Å². The lowest BCUT2D eigenvalue weighted by molar-refractivity contribution is 0.309. The molecule has 142 valence electrons. The molecular formula is C20H26BrNO4. The van der Waals surface area contributed by atoms with Gasteiger partial charge in [-0.25, -0.2) is 0 Å². The van der Waals surface area contributed by atoms with Crippen LogP contribution in [0.25, 0.3) is 0 Å². The SMILES string of the molecule is CCOc1cc(CNCCc2ccc(OC)c(OC)c2)cc(Br)c1OC. The maximum atomic E-state index is 5.66. The highest BCUT2D eigenvalue weighted by atomic mass is 79.9. The number of hydrogen-bond acceptors (Lipinski definition) is 5. The summed E-state index contributed by atoms with van der Waals surface area (Å²) in [6.07, 6.45) is 0.899. The molecule has 0 heterocycles. The molecule has 2 rings (SSSR count). The van der Waals surface area contributed by atoms with Gasteiger partial charge in [0.2, 0.25) is 0 Å². The van der Waals surface area contributed by atoms with Crippen LogP contribution in [0.2, 0.25) is 0 Å². The Hall–Kier alpha value is -1.92. The third-order valence-corrected chi connectivity index (χ3v) is 4.53. The van der Waals surface area contributed by atoms with Gasteiger partial charge < -0.3 is 24.3 Å². The van der Waals surface area contributed by atoms with Crippen LogP contribution in [0.15, 0.2) is 34.8 Å². The molecule has 0 aliphatic carbocycles. The molecule has 0 unspecified atom stereocenters. The standard InChI is InChI=1S/C20H26BrNO4/c1-5-26-19-12-15(10-16(21)20(19)25-4)13-22-9-8-14-6-7-17(23-2)18(11-14)24-3/h6-7,10-12,22H,5,8-9,13H2,1-4H3. The average Bonchev–Trinajstić information content (AvgIpc) is 2.65. The highest BCUT2D eigenvalue weighted by Crippen LogP contribution is 2.36. The van der Waals surface area contributed by atoms with Gasteiger partial charge in [-0.3, -0.25) is 0 Å². The van der Waals surface area contributed by atoms with E-state index in [1.54, 1.807) is 21.3 Å². The van der Waals surface area contributed by atoms with Gasteiger partial charge in [0.1, 0.15) is 0 Å². The molecule has 6 heteroatoms. The third-order valence-electron chi connectivity index (χ3n) is 3.94. The quantitative estimate of drug-likeness (QED) is 0.580. The van der Waals surface area contributed by atoms with Gasteiger partial charge in [-0.15, -0.1) is 0 Å². The Morgan fingerprint density at radius 1 is 0.885 bits per heavy atom. The predicted molar refractivity (Wildman–Crippen MR) is 107 cm³/mol. The largest absolute Gasteiger partial charge is 0.493 e. The number of hydrogen-bond donors (Lipinski definition) is 1. The fraction of sp³-hybridized carbons (Fsp3) is 0.400. The summed E-state index contributed by atoms with van der Waals surface area (Å²) in [6, 6.07) is 10.1. The van der Waals surface area contributed by atoms with E-state index >= 15 is 0 Å². The molecule has 2 aromatic carbocycles. The second-order valence-electron chi connectivity index (χ2n) is 5.66. The smallest absolute Gasteiger partial charge is 0.174 e. The molecule has 0 amide bonds. The molecule has 1 N–H and O–H groups in total. The van der Waals surface area contributed by atoms with Gasteiger partial charge in [0, 0.05) is 6.54 Å². The van der Waals surface area contributed by atoms with Gasteiger partial charge in [-0.05, 0) is 71.2 Å². The zero-order valence-electron chi connectivity index (χ0n) is 15.7. The zero-order valence-corrected chi connectivity index (χ0v) is 17.3. The Morgan fingerprint density at radius 2 is 1.62 bits per heavy atom. The molecule has 0 bridgehead atoms. The third kappa shape index (κ3) is 5.29. The normalized spacial score (nSPS) is 10.5. The molecule has 26 heavy (non-hydrogen) atoms. The van der Waals surface area contributed by atoms with E-state index in [0.717, 1.165) is 52.5 Å². The van der Waals surface area contributed by atoms with Crippen molar-refractivity contribution < 1.29 is 18.9 Å². The molecule has 0 radical (unpaired) electrons. The van der Waals surface area contributed by atoms with Gasteiger partial charge in [0.15, 0.2) is 23.0 Å². The molecule has 0 spiro atoms. The first-order chi connectivity index (χ1) is 12.6. The van der Waals surface area contributed by atoms with Gasteiger partial charge in [-0.2, -0.15) is 0 Å². The Morgan fingerprint density at radius 3 is 2.27 bits per heavy atom. The maximum Gasteiger partial charge on any atom is 0.174 e. The Bertz CT molecular complexity index is 721. The van der Waals surface area contributed by atoms with Crippen LogP contribution in [-0.4, -0.2) is 34.5 Å². The molecule has 0 saturated carbocycles. The summed E-state index contributed by atoms with van der Waals surface area (Å²) < 4.78 is 22.6. The second kappa shape index (κ2) is 10.3. The lowest BCUT2D eigenvalue weighted by atomic mass is 10.1. The fourth-order valence-electron chi connectivity index (χ4n) is 2.69. The minimum atomic E-state index is 0.596. The summed E-state index contributed by atoms with van der Waals surface area (Å²) in [5.41, 5.74) is 2.33. The number of methoxy groups -OCH3 is 3. The lowest BCUT2D eigenvalue weighted by Crippen LogP contribution is -2.17. The summed E-state index contributed by atoms with van der Waals surface area (Å²) in [5, 5.41) is 3.46. The monoisotopic (exact) mass is 423 g/mol. The molecule has 0 fully saturated rings. The first-order valence-corrected chi connectivity index (χ1v) is 9.33. The number of ether oxygens (including phenoxy) is 4. The van der Waals surface area contributed by atoms with Crippen LogP contribution in [0.3, 0.4) is 0 Å². The zero-order chi connectivity index (χ0) is 18.9. The van der Waals surface area contributed by atoms with Gasteiger partial charge in [0.25, 0.3) is 0 Å². The Balaban J connectivity index is 1.94. The molecule has 2 aromatic rings. The van der Waals surface area contributed by atoms with Crippen molar-refractivity contribution in [1.82, 2.24) is 5.32 Å². The molecule has 0 aliphatic heterocycles. The van der Waals surface area contributed by atoms with E-state index in [9.17, 15) is 0 Å². The van der Waals surface area contributed by atoms with E-state index < -0.39 is 0 Å². The summed E-state index contributed by atoms with van der Waals surface area (Å²) >= 11 is 3.54. The van der Waals surface area contributed by atoms with Crippen molar-refractivity contribution in [3.8, 4) is 23.0 Å². The predicted octanol–water partition coefficient (Wildman–Crippen LogP) is 4.21. The van der Waals surface area contributed by atoms with Crippen LogP contribution in [-0.2, 0) is 13.0 Å². The van der Waals surface area contributed by atoms with Crippen molar-refractivity contribution in [2.45, 2.75) is 19.9 Å². The number of benzene rings is 2. The van der Waals surface area contributed by atoms with Crippen LogP contribution in [0.4, 0.5) is 0 Å². The van der Waals surface area contributed by atoms with Crippen molar-refractivity contribution >= 4 is 15.9 Å². The average molecular weight is 424 g/mol. The molecule has 0 atom stereocenters. The summed E-state index contributed by atoms with van der Waals surface area (Å²) in [6.45, 7) is 4.15. The van der Waals surface area contributed by atoms with E-state index in [-0.39, 0.29) is 0 Å². The van der Waals surface area contributed by atoms with Crippen molar-refractivity contribution in [3.63, 3.8) is 0 Å². The molecule has 5 nitrogen and oxygen atoms in total. The Kier molecular flexibility index (Phi) is 8.06. The summed E-state index contributed by atoms with van der Waals surface area (Å²) in [4.78, 5) is 0. The topological polar surface area (TPSA) is 49.0 Å². The van der Waals surface area contributed by atoms with Gasteiger partial charge in [-0.1, -0.05) is 6.07 Å². The highest BCUT2D eigenvalue weighted by Gasteiger charge is 2.11. The highest BCUT2D eigenvalue weighted by molar-refractivity contribution is 9.10. The van der Waals surface area contributed by atoms with E-state index in [1.165, 1.54) is 5.56 Å². The van der Waals surface area contributed by atoms with E-state index in [1.807, 2.05) is 31.2 Å². The molecular weight excluding hydrogens is 398 g/mol. The fourth-order valence-corrected chi connectivity index (χ4v) is 3.34. The molecule has 0 aromatic heterocycles. The summed E-state index contributed by atoms with van der Waals surface area (Å²) in [7, 11) is 4.93. The van der Waals surface area contributed by atoms with Crippen LogP contribution in [0.1, 0.15) is 18.1 Å². The second-order valence-corrected chi connectivity index (χ2v) is 6.51. The number of nitrogens with one attached hydrogen (secondary N) is 1. The van der Waals surface area contributed by atoms with Crippen LogP contribution in [0.5, 0.6) is 23.0 Å². The number of halogens is 1. The van der Waals surface area contributed by atoms with Crippen molar-refractivity contribution in [2.24, 2.45) is 0 Å². The molecule has 0 saturated heterocycles. The van der Waals surface area contributed by atoms with E-state index in [2.05, 4.69) is 27.3 Å². The first kappa shape index (κ1) is 20.4. The summed E-state index contributed by atoms with van der Waals surface area (Å²) in [5.74, 6) is 2.98. The minimum absolute atomic E-state index is 0.596. The maximum absolute atomic E-state index is 5.66. The van der Waals surface area contributed by atoms with Crippen molar-refractivity contribution in [2.75, 3.05) is 34.5 Å². The van der Waals surface area contributed by atoms with Gasteiger partial charge >= 0.3 is 0 Å². The lowest BCUT2D eigenvalue weighted by Gasteiger charge is -2.14. The van der Waals surface area contributed by atoms with Crippen molar-refractivity contribution in [1.29, 1.82) is 0 Å². The van der Waals surface area contributed by atoms with Crippen LogP contribution >= 0.6 is 15.9 Å². The van der Waals surface area contributed by atoms with E-state index in [0.29, 0.717) is 6.61 Å². The van der Waals surface area contributed by atoms with Crippen LogP contribution in [0, 0.1) is 0 Å². The molecule has 0 aliphatic rings.